The van der Waals surface area contributed by atoms with E-state index in [1.807, 2.05) is 37.3 Å². The number of hydrogen-bond donors (Lipinski definition) is 2. The Hall–Kier alpha value is -3.74. The Kier molecular flexibility index (Phi) is 6.52. The summed E-state index contributed by atoms with van der Waals surface area (Å²) >= 11 is 0. The minimum absolute atomic E-state index is 0.148. The number of benzene rings is 2. The standard InChI is InChI=1S/C22H22N4O3/c1-3-29-21(28)17-9-11-18(12-10-17)25-22-23-14-13-19(26-22)20(27)24-15(2)16-7-5-4-6-8-16/h4-15H,3H2,1-2H3,(H,24,27)(H,23,25,26). The van der Waals surface area contributed by atoms with E-state index >= 15 is 0 Å². The molecule has 3 aromatic rings. The van der Waals surface area contributed by atoms with Crippen LogP contribution in [0, 0.1) is 0 Å². The van der Waals surface area contributed by atoms with E-state index in [4.69, 9.17) is 4.74 Å². The molecule has 7 nitrogen and oxygen atoms in total. The molecule has 1 amide bonds. The maximum absolute atomic E-state index is 12.5. The topological polar surface area (TPSA) is 93.2 Å². The number of nitrogens with zero attached hydrogens (tertiary/aromatic N) is 2. The van der Waals surface area contributed by atoms with E-state index in [9.17, 15) is 9.59 Å². The first-order chi connectivity index (χ1) is 14.1. The van der Waals surface area contributed by atoms with Crippen LogP contribution >= 0.6 is 0 Å². The van der Waals surface area contributed by atoms with Crippen LogP contribution in [0.5, 0.6) is 0 Å². The number of carbonyl (C=O) groups is 2. The lowest BCUT2D eigenvalue weighted by Crippen LogP contribution is -2.27. The first kappa shape index (κ1) is 20.0. The van der Waals surface area contributed by atoms with E-state index in [-0.39, 0.29) is 29.6 Å². The minimum atomic E-state index is -0.374. The smallest absolute Gasteiger partial charge is 0.338 e. The first-order valence-electron chi connectivity index (χ1n) is 9.30. The summed E-state index contributed by atoms with van der Waals surface area (Å²) in [5, 5.41) is 5.96. The van der Waals surface area contributed by atoms with Gasteiger partial charge in [0.1, 0.15) is 5.69 Å². The van der Waals surface area contributed by atoms with Crippen molar-refractivity contribution in [1.82, 2.24) is 15.3 Å². The zero-order valence-electron chi connectivity index (χ0n) is 16.3. The average molecular weight is 390 g/mol. The number of amides is 1. The van der Waals surface area contributed by atoms with Gasteiger partial charge in [0.05, 0.1) is 18.2 Å². The van der Waals surface area contributed by atoms with Gasteiger partial charge in [0.25, 0.3) is 5.91 Å². The largest absolute Gasteiger partial charge is 0.462 e. The Bertz CT molecular complexity index is 975. The Balaban J connectivity index is 1.66. The Morgan fingerprint density at radius 3 is 2.45 bits per heavy atom. The molecule has 2 aromatic carbocycles. The van der Waals surface area contributed by atoms with Crippen molar-refractivity contribution in [3.63, 3.8) is 0 Å². The average Bonchev–Trinajstić information content (AvgIpc) is 2.75. The molecule has 0 aliphatic carbocycles. The molecule has 0 bridgehead atoms. The molecule has 29 heavy (non-hydrogen) atoms. The van der Waals surface area contributed by atoms with Crippen LogP contribution in [-0.4, -0.2) is 28.5 Å². The van der Waals surface area contributed by atoms with Crippen molar-refractivity contribution in [2.75, 3.05) is 11.9 Å². The molecule has 0 fully saturated rings. The van der Waals surface area contributed by atoms with Gasteiger partial charge in [0.15, 0.2) is 0 Å². The van der Waals surface area contributed by atoms with Crippen molar-refractivity contribution in [2.24, 2.45) is 0 Å². The zero-order valence-corrected chi connectivity index (χ0v) is 16.3. The maximum Gasteiger partial charge on any atom is 0.338 e. The number of carbonyl (C=O) groups excluding carboxylic acids is 2. The molecule has 7 heteroatoms. The summed E-state index contributed by atoms with van der Waals surface area (Å²) in [6, 6.07) is 17.9. The lowest BCUT2D eigenvalue weighted by atomic mass is 10.1. The molecular formula is C22H22N4O3. The third-order valence-corrected chi connectivity index (χ3v) is 4.19. The summed E-state index contributed by atoms with van der Waals surface area (Å²) in [6.07, 6.45) is 1.52. The van der Waals surface area contributed by atoms with Gasteiger partial charge in [-0.3, -0.25) is 4.79 Å². The van der Waals surface area contributed by atoms with Crippen molar-refractivity contribution in [3.05, 3.63) is 83.7 Å². The highest BCUT2D eigenvalue weighted by atomic mass is 16.5. The third-order valence-electron chi connectivity index (χ3n) is 4.19. The molecular weight excluding hydrogens is 368 g/mol. The van der Waals surface area contributed by atoms with Gasteiger partial charge in [-0.1, -0.05) is 30.3 Å². The molecule has 1 unspecified atom stereocenters. The highest BCUT2D eigenvalue weighted by molar-refractivity contribution is 5.93. The number of esters is 1. The summed E-state index contributed by atoms with van der Waals surface area (Å²) in [4.78, 5) is 32.7. The Labute approximate surface area is 169 Å². The van der Waals surface area contributed by atoms with Gasteiger partial charge in [0.2, 0.25) is 5.95 Å². The van der Waals surface area contributed by atoms with Gasteiger partial charge in [-0.05, 0) is 49.7 Å². The van der Waals surface area contributed by atoms with Crippen LogP contribution < -0.4 is 10.6 Å². The SMILES string of the molecule is CCOC(=O)c1ccc(Nc2nccc(C(=O)NC(C)c3ccccc3)n2)cc1. The van der Waals surface area contributed by atoms with Gasteiger partial charge < -0.3 is 15.4 Å². The summed E-state index contributed by atoms with van der Waals surface area (Å²) in [5.74, 6) is -0.375. The lowest BCUT2D eigenvalue weighted by Gasteiger charge is -2.14. The van der Waals surface area contributed by atoms with E-state index in [1.165, 1.54) is 6.20 Å². The quantitative estimate of drug-likeness (QED) is 0.595. The van der Waals surface area contributed by atoms with E-state index < -0.39 is 0 Å². The molecule has 0 aliphatic rings. The van der Waals surface area contributed by atoms with Crippen LogP contribution in [0.3, 0.4) is 0 Å². The van der Waals surface area contributed by atoms with Crippen LogP contribution in [0.25, 0.3) is 0 Å². The predicted molar refractivity (Wildman–Crippen MR) is 110 cm³/mol. The van der Waals surface area contributed by atoms with Crippen molar-refractivity contribution in [3.8, 4) is 0 Å². The van der Waals surface area contributed by atoms with Crippen molar-refractivity contribution >= 4 is 23.5 Å². The number of nitrogens with one attached hydrogen (secondary N) is 2. The fourth-order valence-electron chi connectivity index (χ4n) is 2.67. The molecule has 0 aliphatic heterocycles. The molecule has 0 saturated carbocycles. The second-order valence-corrected chi connectivity index (χ2v) is 6.29. The van der Waals surface area contributed by atoms with Crippen molar-refractivity contribution < 1.29 is 14.3 Å². The van der Waals surface area contributed by atoms with Gasteiger partial charge in [-0.15, -0.1) is 0 Å². The van der Waals surface area contributed by atoms with E-state index in [0.717, 1.165) is 5.56 Å². The minimum Gasteiger partial charge on any atom is -0.462 e. The fraction of sp³-hybridized carbons (Fsp3) is 0.182. The van der Waals surface area contributed by atoms with E-state index in [0.29, 0.717) is 17.9 Å². The molecule has 0 spiro atoms. The van der Waals surface area contributed by atoms with Crippen LogP contribution in [0.4, 0.5) is 11.6 Å². The molecule has 0 radical (unpaired) electrons. The number of anilines is 2. The molecule has 1 heterocycles. The maximum atomic E-state index is 12.5. The van der Waals surface area contributed by atoms with E-state index in [2.05, 4.69) is 20.6 Å². The van der Waals surface area contributed by atoms with Crippen molar-refractivity contribution in [2.45, 2.75) is 19.9 Å². The lowest BCUT2D eigenvalue weighted by molar-refractivity contribution is 0.0526. The Morgan fingerprint density at radius 2 is 1.76 bits per heavy atom. The first-order valence-corrected chi connectivity index (χ1v) is 9.30. The summed E-state index contributed by atoms with van der Waals surface area (Å²) in [5.41, 5.74) is 2.41. The monoisotopic (exact) mass is 390 g/mol. The Morgan fingerprint density at radius 1 is 1.03 bits per heavy atom. The van der Waals surface area contributed by atoms with Gasteiger partial charge in [-0.25, -0.2) is 14.8 Å². The van der Waals surface area contributed by atoms with Gasteiger partial charge >= 0.3 is 5.97 Å². The van der Waals surface area contributed by atoms with Gasteiger partial charge in [-0.2, -0.15) is 0 Å². The molecule has 1 aromatic heterocycles. The number of rotatable bonds is 7. The molecule has 0 saturated heterocycles. The molecule has 1 atom stereocenters. The summed E-state index contributed by atoms with van der Waals surface area (Å²) in [6.45, 7) is 4.00. The predicted octanol–water partition coefficient (Wildman–Crippen LogP) is 3.89. The summed E-state index contributed by atoms with van der Waals surface area (Å²) in [7, 11) is 0. The normalized spacial score (nSPS) is 11.4. The van der Waals surface area contributed by atoms with Crippen molar-refractivity contribution in [1.29, 1.82) is 0 Å². The number of ether oxygens (including phenoxy) is 1. The summed E-state index contributed by atoms with van der Waals surface area (Å²) < 4.78 is 4.96. The third kappa shape index (κ3) is 5.38. The number of aromatic nitrogens is 2. The second kappa shape index (κ2) is 9.45. The van der Waals surface area contributed by atoms with Crippen LogP contribution in [0.1, 0.15) is 46.3 Å². The zero-order chi connectivity index (χ0) is 20.6. The highest BCUT2D eigenvalue weighted by Gasteiger charge is 2.13. The molecule has 148 valence electrons. The second-order valence-electron chi connectivity index (χ2n) is 6.29. The van der Waals surface area contributed by atoms with Crippen LogP contribution in [0.2, 0.25) is 0 Å². The molecule has 2 N–H and O–H groups in total. The molecule has 3 rings (SSSR count). The fourth-order valence-corrected chi connectivity index (χ4v) is 2.67. The number of hydrogen-bond acceptors (Lipinski definition) is 6. The van der Waals surface area contributed by atoms with E-state index in [1.54, 1.807) is 37.3 Å². The highest BCUT2D eigenvalue weighted by Crippen LogP contribution is 2.16. The van der Waals surface area contributed by atoms with Crippen LogP contribution in [0.15, 0.2) is 66.9 Å². The van der Waals surface area contributed by atoms with Gasteiger partial charge in [0, 0.05) is 11.9 Å². The van der Waals surface area contributed by atoms with Crippen LogP contribution in [-0.2, 0) is 4.74 Å².